The molecule has 0 aliphatic heterocycles. The normalized spacial score (nSPS) is 10.0. The Morgan fingerprint density at radius 3 is 2.22 bits per heavy atom. The number of nitrogens with one attached hydrogen (secondary N) is 1. The van der Waals surface area contributed by atoms with E-state index in [0.29, 0.717) is 11.3 Å². The summed E-state index contributed by atoms with van der Waals surface area (Å²) in [7, 11) is 3.81. The maximum absolute atomic E-state index is 11.9. The highest BCUT2D eigenvalue weighted by Crippen LogP contribution is 2.14. The van der Waals surface area contributed by atoms with Gasteiger partial charge in [-0.2, -0.15) is 0 Å². The lowest BCUT2D eigenvalue weighted by molar-refractivity contribution is -0.119. The molecule has 0 radical (unpaired) electrons. The highest BCUT2D eigenvalue weighted by atomic mass is 16.5. The lowest BCUT2D eigenvalue weighted by Crippen LogP contribution is -2.20. The van der Waals surface area contributed by atoms with Crippen LogP contribution in [0.25, 0.3) is 0 Å². The maximum atomic E-state index is 11.9. The minimum Gasteiger partial charge on any atom is -0.508 e. The van der Waals surface area contributed by atoms with E-state index < -0.39 is 11.9 Å². The molecule has 0 unspecified atom stereocenters. The zero-order chi connectivity index (χ0) is 16.8. The average molecular weight is 314 g/mol. The van der Waals surface area contributed by atoms with Crippen molar-refractivity contribution in [2.45, 2.75) is 0 Å². The van der Waals surface area contributed by atoms with Crippen LogP contribution in [-0.4, -0.2) is 37.7 Å². The number of nitrogens with zero attached hydrogens (tertiary/aromatic N) is 1. The molecular weight excluding hydrogens is 296 g/mol. The predicted octanol–water partition coefficient (Wildman–Crippen LogP) is 2.25. The van der Waals surface area contributed by atoms with Gasteiger partial charge in [-0.25, -0.2) is 4.79 Å². The first-order chi connectivity index (χ1) is 11.0. The summed E-state index contributed by atoms with van der Waals surface area (Å²) in [6.07, 6.45) is 0. The predicted molar refractivity (Wildman–Crippen MR) is 87.8 cm³/mol. The Labute approximate surface area is 134 Å². The molecule has 0 saturated carbocycles. The van der Waals surface area contributed by atoms with Crippen molar-refractivity contribution in [3.05, 3.63) is 54.1 Å². The van der Waals surface area contributed by atoms with Gasteiger partial charge in [-0.05, 0) is 48.5 Å². The van der Waals surface area contributed by atoms with Gasteiger partial charge < -0.3 is 20.1 Å². The van der Waals surface area contributed by atoms with E-state index in [4.69, 9.17) is 9.84 Å². The summed E-state index contributed by atoms with van der Waals surface area (Å²) in [5, 5.41) is 11.7. The second kappa shape index (κ2) is 7.31. The molecule has 0 aliphatic carbocycles. The van der Waals surface area contributed by atoms with Gasteiger partial charge in [0.2, 0.25) is 0 Å². The molecule has 6 heteroatoms. The molecule has 0 saturated heterocycles. The van der Waals surface area contributed by atoms with E-state index in [9.17, 15) is 9.59 Å². The van der Waals surface area contributed by atoms with E-state index in [0.717, 1.165) is 5.69 Å². The lowest BCUT2D eigenvalue weighted by atomic mass is 10.2. The summed E-state index contributed by atoms with van der Waals surface area (Å²) in [6.45, 7) is -0.380. The summed E-state index contributed by atoms with van der Waals surface area (Å²) >= 11 is 0. The third kappa shape index (κ3) is 4.74. The third-order valence-corrected chi connectivity index (χ3v) is 3.10. The van der Waals surface area contributed by atoms with Gasteiger partial charge in [0.15, 0.2) is 6.61 Å². The lowest BCUT2D eigenvalue weighted by Gasteiger charge is -2.12. The number of hydrogen-bond donors (Lipinski definition) is 2. The standard InChI is InChI=1S/C17H18N2O4/c1-19(2)14-7-3-12(4-8-14)17(22)23-11-16(21)18-13-5-9-15(20)10-6-13/h3-10,20H,11H2,1-2H3,(H,18,21). The first-order valence-corrected chi connectivity index (χ1v) is 6.99. The molecule has 2 rings (SSSR count). The summed E-state index contributed by atoms with van der Waals surface area (Å²) in [6, 6.07) is 12.9. The smallest absolute Gasteiger partial charge is 0.338 e. The van der Waals surface area contributed by atoms with Crippen LogP contribution in [0.3, 0.4) is 0 Å². The van der Waals surface area contributed by atoms with Crippen molar-refractivity contribution in [3.63, 3.8) is 0 Å². The zero-order valence-electron chi connectivity index (χ0n) is 12.9. The van der Waals surface area contributed by atoms with Crippen LogP contribution >= 0.6 is 0 Å². The first kappa shape index (κ1) is 16.4. The monoisotopic (exact) mass is 314 g/mol. The molecule has 6 nitrogen and oxygen atoms in total. The molecule has 0 atom stereocenters. The van der Waals surface area contributed by atoms with E-state index in [2.05, 4.69) is 5.32 Å². The number of benzene rings is 2. The van der Waals surface area contributed by atoms with Crippen molar-refractivity contribution < 1.29 is 19.4 Å². The second-order valence-corrected chi connectivity index (χ2v) is 5.11. The average Bonchev–Trinajstić information content (AvgIpc) is 2.55. The van der Waals surface area contributed by atoms with E-state index in [-0.39, 0.29) is 12.4 Å². The summed E-state index contributed by atoms with van der Waals surface area (Å²) in [4.78, 5) is 25.5. The quantitative estimate of drug-likeness (QED) is 0.654. The van der Waals surface area contributed by atoms with Crippen LogP contribution in [0.2, 0.25) is 0 Å². The fourth-order valence-electron chi connectivity index (χ4n) is 1.85. The summed E-state index contributed by atoms with van der Waals surface area (Å²) in [5.41, 5.74) is 1.86. The molecule has 2 N–H and O–H groups in total. The Bertz CT molecular complexity index is 679. The number of carbonyl (C=O) groups excluding carboxylic acids is 2. The van der Waals surface area contributed by atoms with E-state index in [1.54, 1.807) is 36.4 Å². The Balaban J connectivity index is 1.85. The summed E-state index contributed by atoms with van der Waals surface area (Å²) in [5.74, 6) is -0.902. The number of aromatic hydroxyl groups is 1. The van der Waals surface area contributed by atoms with Crippen LogP contribution in [0.15, 0.2) is 48.5 Å². The molecular formula is C17H18N2O4. The molecule has 2 aromatic rings. The largest absolute Gasteiger partial charge is 0.508 e. The van der Waals surface area contributed by atoms with Crippen molar-refractivity contribution >= 4 is 23.3 Å². The van der Waals surface area contributed by atoms with E-state index in [1.165, 1.54) is 12.1 Å². The van der Waals surface area contributed by atoms with Crippen molar-refractivity contribution in [3.8, 4) is 5.75 Å². The van der Waals surface area contributed by atoms with Gasteiger partial charge in [0.1, 0.15) is 5.75 Å². The second-order valence-electron chi connectivity index (χ2n) is 5.11. The minimum absolute atomic E-state index is 0.107. The number of anilines is 2. The van der Waals surface area contributed by atoms with Crippen LogP contribution in [0.5, 0.6) is 5.75 Å². The Morgan fingerprint density at radius 2 is 1.65 bits per heavy atom. The van der Waals surface area contributed by atoms with Crippen LogP contribution in [0.4, 0.5) is 11.4 Å². The number of rotatable bonds is 5. The first-order valence-electron chi connectivity index (χ1n) is 6.99. The van der Waals surface area contributed by atoms with Crippen molar-refractivity contribution in [1.82, 2.24) is 0 Å². The topological polar surface area (TPSA) is 78.9 Å². The third-order valence-electron chi connectivity index (χ3n) is 3.10. The van der Waals surface area contributed by atoms with Crippen LogP contribution in [0.1, 0.15) is 10.4 Å². The van der Waals surface area contributed by atoms with Gasteiger partial charge in [-0.3, -0.25) is 4.79 Å². The number of phenolic OH excluding ortho intramolecular Hbond substituents is 1. The minimum atomic E-state index is -0.559. The summed E-state index contributed by atoms with van der Waals surface area (Å²) < 4.78 is 4.97. The Morgan fingerprint density at radius 1 is 1.04 bits per heavy atom. The van der Waals surface area contributed by atoms with Gasteiger partial charge in [-0.1, -0.05) is 0 Å². The SMILES string of the molecule is CN(C)c1ccc(C(=O)OCC(=O)Nc2ccc(O)cc2)cc1. The van der Waals surface area contributed by atoms with E-state index in [1.807, 2.05) is 19.0 Å². The van der Waals surface area contributed by atoms with Crippen LogP contribution in [-0.2, 0) is 9.53 Å². The van der Waals surface area contributed by atoms with Crippen LogP contribution in [0, 0.1) is 0 Å². The van der Waals surface area contributed by atoms with Crippen molar-refractivity contribution in [2.24, 2.45) is 0 Å². The van der Waals surface area contributed by atoms with Gasteiger partial charge in [0.25, 0.3) is 5.91 Å². The maximum Gasteiger partial charge on any atom is 0.338 e. The fraction of sp³-hybridized carbons (Fsp3) is 0.176. The molecule has 0 spiro atoms. The number of ether oxygens (including phenoxy) is 1. The molecule has 0 fully saturated rings. The van der Waals surface area contributed by atoms with Crippen molar-refractivity contribution in [1.29, 1.82) is 0 Å². The molecule has 0 aromatic heterocycles. The Kier molecular flexibility index (Phi) is 5.19. The number of phenols is 1. The number of hydrogen-bond acceptors (Lipinski definition) is 5. The van der Waals surface area contributed by atoms with Gasteiger partial charge in [-0.15, -0.1) is 0 Å². The van der Waals surface area contributed by atoms with Crippen LogP contribution < -0.4 is 10.2 Å². The molecule has 0 bridgehead atoms. The molecule has 120 valence electrons. The van der Waals surface area contributed by atoms with Gasteiger partial charge in [0.05, 0.1) is 5.56 Å². The molecule has 0 heterocycles. The number of esters is 1. The highest BCUT2D eigenvalue weighted by molar-refractivity contribution is 5.95. The van der Waals surface area contributed by atoms with Gasteiger partial charge in [0, 0.05) is 25.5 Å². The van der Waals surface area contributed by atoms with E-state index >= 15 is 0 Å². The Hall–Kier alpha value is -3.02. The van der Waals surface area contributed by atoms with Gasteiger partial charge >= 0.3 is 5.97 Å². The molecule has 1 amide bonds. The number of carbonyl (C=O) groups is 2. The molecule has 0 aliphatic rings. The van der Waals surface area contributed by atoms with Crippen molar-refractivity contribution in [2.75, 3.05) is 30.9 Å². The highest BCUT2D eigenvalue weighted by Gasteiger charge is 2.10. The molecule has 2 aromatic carbocycles. The number of amides is 1. The fourth-order valence-corrected chi connectivity index (χ4v) is 1.85. The molecule has 23 heavy (non-hydrogen) atoms. The zero-order valence-corrected chi connectivity index (χ0v) is 12.9.